The highest BCUT2D eigenvalue weighted by molar-refractivity contribution is 8.00. The van der Waals surface area contributed by atoms with Gasteiger partial charge < -0.3 is 115 Å². The Hall–Kier alpha value is -12.2. The number of hydrogen-bond acceptors (Lipinski definition) is 21. The number of phenolic OH excluding ortho intramolecular Hbond substituents is 1. The van der Waals surface area contributed by atoms with Crippen LogP contribution in [0, 0.1) is 11.8 Å². The summed E-state index contributed by atoms with van der Waals surface area (Å²) in [5.41, 5.74) is 18.7. The lowest BCUT2D eigenvalue weighted by Crippen LogP contribution is -2.61. The number of benzene rings is 3. The van der Waals surface area contributed by atoms with Crippen LogP contribution in [0.5, 0.6) is 5.75 Å². The van der Waals surface area contributed by atoms with Crippen LogP contribution in [-0.4, -0.2) is 294 Å². The Bertz CT molecular complexity index is 4920. The minimum absolute atomic E-state index is 0.0172. The van der Waals surface area contributed by atoms with Crippen LogP contribution in [0.2, 0.25) is 0 Å². The molecule has 0 radical (unpaired) electrons. The molecular weight excluding hydrogens is 1700 g/mol. The minimum Gasteiger partial charge on any atom is -0.508 e. The van der Waals surface area contributed by atoms with E-state index in [-0.39, 0.29) is 120 Å². The number of thioether (sulfide) groups is 1. The molecule has 4 fully saturated rings. The van der Waals surface area contributed by atoms with Gasteiger partial charge in [-0.2, -0.15) is 0 Å². The van der Waals surface area contributed by atoms with Crippen LogP contribution in [0.4, 0.5) is 0 Å². The third-order valence-electron chi connectivity index (χ3n) is 24.2. The molecule has 5 aromatic rings. The normalized spacial score (nSPS) is 25.5. The van der Waals surface area contributed by atoms with Gasteiger partial charge in [0.2, 0.25) is 100 Å². The molecule has 1 aliphatic carbocycles. The van der Waals surface area contributed by atoms with E-state index >= 15 is 33.6 Å². The third-order valence-corrected chi connectivity index (χ3v) is 25.3. The Morgan fingerprint density at radius 1 is 0.546 bits per heavy atom. The number of hydrogen-bond donors (Lipinski definition) is 17. The molecule has 9 rings (SSSR count). The van der Waals surface area contributed by atoms with Crippen molar-refractivity contribution in [2.24, 2.45) is 29.0 Å². The van der Waals surface area contributed by atoms with Crippen molar-refractivity contribution in [3.8, 4) is 5.75 Å². The van der Waals surface area contributed by atoms with Gasteiger partial charge in [-0.3, -0.25) is 81.5 Å². The van der Waals surface area contributed by atoms with Gasteiger partial charge >= 0.3 is 0 Å². The third kappa shape index (κ3) is 27.0. The Kier molecular flexibility index (Phi) is 36.6. The Labute approximate surface area is 759 Å². The molecule has 1 saturated carbocycles. The molecule has 3 saturated heterocycles. The van der Waals surface area contributed by atoms with Crippen molar-refractivity contribution in [3.63, 3.8) is 0 Å². The van der Waals surface area contributed by atoms with Crippen molar-refractivity contribution < 1.29 is 91.7 Å². The molecule has 2 aromatic heterocycles. The van der Waals surface area contributed by atoms with E-state index in [0.717, 1.165) is 26.5 Å². The summed E-state index contributed by atoms with van der Waals surface area (Å²) in [5, 5.41) is 50.2. The van der Waals surface area contributed by atoms with Crippen LogP contribution in [0.3, 0.4) is 0 Å². The Balaban J connectivity index is 1.08. The van der Waals surface area contributed by atoms with Gasteiger partial charge in [-0.25, -0.2) is 0 Å². The molecule has 4 aliphatic rings. The number of phenols is 1. The second kappa shape index (κ2) is 46.9. The first-order chi connectivity index (χ1) is 61.8. The number of amides is 17. The number of aromatic nitrogens is 2. The molecule has 130 heavy (non-hydrogen) atoms. The number of aromatic amines is 2. The van der Waals surface area contributed by atoms with Crippen LogP contribution in [0.15, 0.2) is 85.2 Å². The predicted molar refractivity (Wildman–Crippen MR) is 483 cm³/mol. The highest BCUT2D eigenvalue weighted by atomic mass is 32.2. The van der Waals surface area contributed by atoms with Crippen molar-refractivity contribution in [1.82, 2.24) is 87.6 Å². The van der Waals surface area contributed by atoms with E-state index in [2.05, 4.69) is 63.1 Å². The molecule has 0 unspecified atom stereocenters. The number of aromatic hydroxyl groups is 1. The molecule has 40 heteroatoms. The number of aliphatic hydroxyl groups is 1. The fourth-order valence-corrected chi connectivity index (χ4v) is 17.6. The molecule has 708 valence electrons. The zero-order chi connectivity index (χ0) is 95.1. The van der Waals surface area contributed by atoms with E-state index < -0.39 is 216 Å². The average Bonchev–Trinajstić information content (AvgIpc) is 1.61. The van der Waals surface area contributed by atoms with Gasteiger partial charge in [0.05, 0.1) is 24.8 Å². The van der Waals surface area contributed by atoms with Crippen LogP contribution < -0.4 is 70.4 Å². The quantitative estimate of drug-likeness (QED) is 0.0389. The van der Waals surface area contributed by atoms with E-state index in [0.29, 0.717) is 64.2 Å². The first-order valence-electron chi connectivity index (χ1n) is 44.6. The van der Waals surface area contributed by atoms with Crippen molar-refractivity contribution >= 4 is 134 Å². The number of carbonyl (C=O) groups is 17. The maximum Gasteiger partial charge on any atom is 0.246 e. The van der Waals surface area contributed by atoms with Crippen LogP contribution in [0.1, 0.15) is 161 Å². The predicted octanol–water partition coefficient (Wildman–Crippen LogP) is -0.591. The Morgan fingerprint density at radius 3 is 1.67 bits per heavy atom. The zero-order valence-electron chi connectivity index (χ0n) is 75.5. The van der Waals surface area contributed by atoms with Gasteiger partial charge in [0.15, 0.2) is 0 Å². The van der Waals surface area contributed by atoms with Crippen molar-refractivity contribution in [2.75, 3.05) is 58.8 Å². The van der Waals surface area contributed by atoms with Crippen molar-refractivity contribution in [1.29, 1.82) is 0 Å². The second-order valence-electron chi connectivity index (χ2n) is 35.2. The number of nitrogens with one attached hydrogen (secondary N) is 12. The molecule has 3 aliphatic heterocycles. The maximum atomic E-state index is 15.8. The number of para-hydroxylation sites is 2. The summed E-state index contributed by atoms with van der Waals surface area (Å²) < 4.78 is 0. The average molecular weight is 1830 g/mol. The smallest absolute Gasteiger partial charge is 0.246 e. The summed E-state index contributed by atoms with van der Waals surface area (Å²) in [6.07, 6.45) is 2.33. The van der Waals surface area contributed by atoms with Gasteiger partial charge in [0.25, 0.3) is 0 Å². The molecule has 17 amide bonds. The number of carbonyl (C=O) groups excluding carboxylic acids is 17. The van der Waals surface area contributed by atoms with E-state index in [1.54, 1.807) is 76.5 Å². The first kappa shape index (κ1) is 102. The largest absolute Gasteiger partial charge is 0.508 e. The van der Waals surface area contributed by atoms with E-state index in [1.807, 2.05) is 26.0 Å². The lowest BCUT2D eigenvalue weighted by molar-refractivity contribution is -0.149. The summed E-state index contributed by atoms with van der Waals surface area (Å²) >= 11 is 0.809. The number of H-pyrrole nitrogens is 2. The van der Waals surface area contributed by atoms with E-state index in [4.69, 9.17) is 17.2 Å². The van der Waals surface area contributed by atoms with Gasteiger partial charge in [-0.05, 0) is 124 Å². The number of aliphatic hydroxyl groups excluding tert-OH is 1. The lowest BCUT2D eigenvalue weighted by Gasteiger charge is -2.36. The summed E-state index contributed by atoms with van der Waals surface area (Å²) in [6, 6.07) is 1.07. The van der Waals surface area contributed by atoms with Crippen LogP contribution in [-0.2, 0) is 101 Å². The number of fused-ring (bicyclic) bond motifs is 4. The Morgan fingerprint density at radius 2 is 1.08 bits per heavy atom. The molecule has 0 bridgehead atoms. The topological polar surface area (TPSA) is 577 Å². The first-order valence-corrected chi connectivity index (χ1v) is 45.8. The fraction of sp³-hybridized carbons (Fsp3) is 0.567. The number of likely N-dealkylation sites (N-methyl/N-ethyl adjacent to an activating group) is 3. The molecular formula is C90H128N20O19S. The fourth-order valence-electron chi connectivity index (χ4n) is 16.7. The molecule has 20 N–H and O–H groups in total. The summed E-state index contributed by atoms with van der Waals surface area (Å²) in [5.74, 6) is -16.3. The van der Waals surface area contributed by atoms with Gasteiger partial charge in [-0.1, -0.05) is 116 Å². The summed E-state index contributed by atoms with van der Waals surface area (Å²) in [6.45, 7) is 10.8. The monoisotopic (exact) mass is 1820 g/mol. The number of primary amides is 2. The maximum absolute atomic E-state index is 15.8. The van der Waals surface area contributed by atoms with Crippen molar-refractivity contribution in [2.45, 2.75) is 254 Å². The zero-order valence-corrected chi connectivity index (χ0v) is 76.3. The molecule has 3 aromatic carbocycles. The van der Waals surface area contributed by atoms with Crippen LogP contribution >= 0.6 is 11.8 Å². The van der Waals surface area contributed by atoms with Gasteiger partial charge in [0.1, 0.15) is 89.8 Å². The SMILES string of the molecule is CCCC[C@H]1C(=O)N(C)[C@@H](CCCC)C(=O)N[C@@H](CC(C)C)C(=O)N[C@H](C(=O)NCC(N)=O)CSCC(=O)N[C@@H](Cc2ccc(O)cc2)C(=O)N(C)[C@@H](C)C(=O)N[C@@H](CC(N)=O)C(=O)N2CCC[C@H]2C(=O)NC2(CC2)C(=O)N[C@@H](CC(C)C)C(=O)N2C[C@H](O)C[C@H]2C(=O)N[C@@H](Cc2c[nH]c3ccccc23)C(=O)N[C@@H](CCN)C(=O)N[C@@H](Cc2c[nH]c3ccccc23)C(=O)N1C. The molecule has 39 nitrogen and oxygen atoms in total. The molecule has 14 atom stereocenters. The number of rotatable bonds is 23. The number of nitrogens with two attached hydrogens (primary N) is 3. The number of nitrogens with zero attached hydrogens (tertiary/aromatic N) is 5. The lowest BCUT2D eigenvalue weighted by atomic mass is 9.99. The standard InChI is InChI=1S/C90H128N20O19S/c1-11-13-24-69-81(121)99-62(36-49(3)4)79(119)103-68(77(117)96-45-74(93)114)47-130-48-75(115)97-65(38-52-27-29-55(111)30-28-52)84(124)106(8)51(7)76(116)101-67(42-73(92)113)86(126)109-35-19-26-70(109)83(123)105-90(32-33-90)89(129)104-64(37-50(5)6)87(127)110-46-56(112)41-72(110)82(122)100-63(39-53-43-94-59-22-17-15-20-57(53)59)80(120)98-61(31-34-91)78(118)102-66(40-54-44-95-60-23-18-16-21-58(54)60)85(125)108(10)71(25-14-12-2)88(128)107(69)9/h15-18,20-23,27-30,43-44,49-51,56,61-72,94-95,111-112H,11-14,19,24-26,31-42,45-48,91H2,1-10H3,(H2,92,113)(H2,93,114)(H,96,117)(H,97,115)(H,98,120)(H,99,121)(H,100,122)(H,101,116)(H,102,118)(H,103,119)(H,104,129)(H,105,123)/t51-,56+,61-,62-,63-,64-,65-,66-,67-,68-,69-,70-,71-,72-/m0/s1. The number of unbranched alkanes of at least 4 members (excludes halogenated alkanes) is 2. The highest BCUT2D eigenvalue weighted by Crippen LogP contribution is 2.38. The van der Waals surface area contributed by atoms with E-state index in [1.165, 1.54) is 62.1 Å². The van der Waals surface area contributed by atoms with Gasteiger partial charge in [-0.15, -0.1) is 11.8 Å². The van der Waals surface area contributed by atoms with Crippen molar-refractivity contribution in [3.05, 3.63) is 102 Å². The molecule has 1 spiro atoms. The summed E-state index contributed by atoms with van der Waals surface area (Å²) in [4.78, 5) is 261. The van der Waals surface area contributed by atoms with Gasteiger partial charge in [0, 0.05) is 99.9 Å². The van der Waals surface area contributed by atoms with Crippen LogP contribution in [0.25, 0.3) is 21.8 Å². The summed E-state index contributed by atoms with van der Waals surface area (Å²) in [7, 11) is 4.04. The van der Waals surface area contributed by atoms with E-state index in [9.17, 15) is 58.2 Å². The highest BCUT2D eigenvalue weighted by Gasteiger charge is 2.55. The minimum atomic E-state index is -1.72. The second-order valence-corrected chi connectivity index (χ2v) is 36.2. The molecule has 5 heterocycles.